The summed E-state index contributed by atoms with van der Waals surface area (Å²) in [6.45, 7) is 0. The van der Waals surface area contributed by atoms with Gasteiger partial charge in [0.15, 0.2) is 10.8 Å². The van der Waals surface area contributed by atoms with Crippen LogP contribution in [0.3, 0.4) is 0 Å². The molecule has 2 rings (SSSR count). The number of rotatable bonds is 7. The van der Waals surface area contributed by atoms with Crippen LogP contribution in [0.4, 0.5) is 9.93 Å². The molecule has 0 bridgehead atoms. The molecule has 0 aromatic carbocycles. The van der Waals surface area contributed by atoms with Gasteiger partial charge in [0.1, 0.15) is 18.8 Å². The second-order valence-corrected chi connectivity index (χ2v) is 8.16. The van der Waals surface area contributed by atoms with Crippen LogP contribution in [0.25, 0.3) is 0 Å². The molecule has 0 saturated carbocycles. The molecule has 148 valence electrons. The van der Waals surface area contributed by atoms with Gasteiger partial charge in [-0.1, -0.05) is 16.9 Å². The first-order valence-electron chi connectivity index (χ1n) is 6.92. The normalized spacial score (nSPS) is 20.1. The van der Waals surface area contributed by atoms with Crippen LogP contribution in [-0.2, 0) is 24.7 Å². The van der Waals surface area contributed by atoms with Crippen LogP contribution in [0.2, 0.25) is 0 Å². The maximum Gasteiger partial charge on any atom is 0.362 e. The minimum atomic E-state index is -4.88. The molecule has 1 aliphatic rings. The number of nitrogens with two attached hydrogens (primary N) is 2. The van der Waals surface area contributed by atoms with Crippen LogP contribution < -0.4 is 16.8 Å². The monoisotopic (exact) mass is 438 g/mol. The Hall–Kier alpha value is -2.43. The highest BCUT2D eigenvalue weighted by molar-refractivity contribution is 8.13. The van der Waals surface area contributed by atoms with Crippen molar-refractivity contribution in [2.24, 2.45) is 10.9 Å². The van der Waals surface area contributed by atoms with Crippen molar-refractivity contribution < 1.29 is 32.2 Å². The van der Waals surface area contributed by atoms with Crippen LogP contribution >= 0.6 is 23.1 Å². The molecule has 16 heteroatoms. The molecule has 0 unspecified atom stereocenters. The standard InChI is InChI=1S/C11H14N6O7S3/c1-24-16-6(4-2-25-10(12)14-4)8(18)15-7-5(3-26-11(13)20)17(9(7)19)27(21,22)23/h2,5,7H,3H2,1H3,(H2,12,14)(H2,13,20)(H,15,18)(H,21,22,23)/b16-6+/t5-,7+/m1/s1. The van der Waals surface area contributed by atoms with E-state index in [4.69, 9.17) is 16.0 Å². The summed E-state index contributed by atoms with van der Waals surface area (Å²) < 4.78 is 32.0. The molecular weight excluding hydrogens is 424 g/mol. The van der Waals surface area contributed by atoms with E-state index < -0.39 is 39.4 Å². The van der Waals surface area contributed by atoms with Gasteiger partial charge in [-0.25, -0.2) is 9.29 Å². The van der Waals surface area contributed by atoms with E-state index in [1.807, 2.05) is 0 Å². The molecule has 0 aliphatic carbocycles. The SMILES string of the molecule is CO/N=C(/C(=O)N[C@@H]1C(=O)N(S(=O)(=O)O)[C@@H]1CSC(N)=O)c1csc(N)n1. The van der Waals surface area contributed by atoms with Crippen molar-refractivity contribution in [3.8, 4) is 0 Å². The Balaban J connectivity index is 2.22. The van der Waals surface area contributed by atoms with Gasteiger partial charge in [0.25, 0.3) is 17.1 Å². The fourth-order valence-electron chi connectivity index (χ4n) is 2.19. The van der Waals surface area contributed by atoms with E-state index in [0.717, 1.165) is 11.3 Å². The number of nitrogens with zero attached hydrogens (tertiary/aromatic N) is 3. The summed E-state index contributed by atoms with van der Waals surface area (Å²) in [5, 5.41) is 6.58. The highest BCUT2D eigenvalue weighted by atomic mass is 32.2. The van der Waals surface area contributed by atoms with E-state index in [1.54, 1.807) is 0 Å². The Morgan fingerprint density at radius 3 is 2.70 bits per heavy atom. The second-order valence-electron chi connectivity index (χ2n) is 4.95. The molecule has 2 atom stereocenters. The number of β-lactam (4-membered cyclic amide) rings is 1. The Bertz CT molecular complexity index is 898. The number of hydrogen-bond acceptors (Lipinski definition) is 11. The molecule has 27 heavy (non-hydrogen) atoms. The number of hydrogen-bond donors (Lipinski definition) is 4. The lowest BCUT2D eigenvalue weighted by molar-refractivity contribution is -0.143. The average Bonchev–Trinajstić information content (AvgIpc) is 2.98. The van der Waals surface area contributed by atoms with E-state index in [0.29, 0.717) is 11.8 Å². The Morgan fingerprint density at radius 2 is 2.22 bits per heavy atom. The lowest BCUT2D eigenvalue weighted by Crippen LogP contribution is -2.73. The summed E-state index contributed by atoms with van der Waals surface area (Å²) in [6.07, 6.45) is 0. The van der Waals surface area contributed by atoms with Crippen LogP contribution in [0.5, 0.6) is 0 Å². The van der Waals surface area contributed by atoms with Crippen molar-refractivity contribution in [1.82, 2.24) is 14.6 Å². The topological polar surface area (TPSA) is 207 Å². The summed E-state index contributed by atoms with van der Waals surface area (Å²) in [4.78, 5) is 43.9. The molecule has 1 saturated heterocycles. The predicted octanol–water partition coefficient (Wildman–Crippen LogP) is -1.61. The zero-order valence-corrected chi connectivity index (χ0v) is 16.0. The minimum absolute atomic E-state index is 0.0818. The van der Waals surface area contributed by atoms with Gasteiger partial charge in [0.2, 0.25) is 0 Å². The number of oxime groups is 1. The number of aromatic nitrogens is 1. The largest absolute Gasteiger partial charge is 0.398 e. The van der Waals surface area contributed by atoms with E-state index in [9.17, 15) is 22.8 Å². The smallest absolute Gasteiger partial charge is 0.362 e. The molecule has 3 amide bonds. The van der Waals surface area contributed by atoms with Crippen molar-refractivity contribution in [3.63, 3.8) is 0 Å². The zero-order valence-electron chi connectivity index (χ0n) is 13.6. The van der Waals surface area contributed by atoms with Crippen LogP contribution in [0.1, 0.15) is 5.69 Å². The molecule has 0 radical (unpaired) electrons. The van der Waals surface area contributed by atoms with Crippen molar-refractivity contribution >= 4 is 61.3 Å². The van der Waals surface area contributed by atoms with Gasteiger partial charge < -0.3 is 21.6 Å². The summed E-state index contributed by atoms with van der Waals surface area (Å²) in [5.41, 5.74) is 10.3. The van der Waals surface area contributed by atoms with Gasteiger partial charge in [0.05, 0.1) is 6.04 Å². The van der Waals surface area contributed by atoms with Crippen LogP contribution in [-0.4, -0.2) is 70.0 Å². The summed E-state index contributed by atoms with van der Waals surface area (Å²) in [6, 6.07) is -2.57. The molecule has 1 fully saturated rings. The molecule has 13 nitrogen and oxygen atoms in total. The fourth-order valence-corrected chi connectivity index (χ4v) is 4.39. The van der Waals surface area contributed by atoms with Gasteiger partial charge in [-0.05, 0) is 0 Å². The maximum absolute atomic E-state index is 12.5. The third-order valence-electron chi connectivity index (χ3n) is 3.26. The van der Waals surface area contributed by atoms with Gasteiger partial charge in [-0.2, -0.15) is 8.42 Å². The molecule has 6 N–H and O–H groups in total. The van der Waals surface area contributed by atoms with Gasteiger partial charge in [-0.3, -0.25) is 18.9 Å². The number of carbonyl (C=O) groups excluding carboxylic acids is 3. The summed E-state index contributed by atoms with van der Waals surface area (Å²) in [5.74, 6) is -2.26. The number of carbonyl (C=O) groups is 3. The summed E-state index contributed by atoms with van der Waals surface area (Å²) in [7, 11) is -3.69. The molecule has 2 heterocycles. The van der Waals surface area contributed by atoms with Crippen molar-refractivity contribution in [1.29, 1.82) is 0 Å². The first-order valence-corrected chi connectivity index (χ1v) is 10.2. The molecule has 1 aliphatic heterocycles. The predicted molar refractivity (Wildman–Crippen MR) is 96.2 cm³/mol. The number of anilines is 1. The van der Waals surface area contributed by atoms with Crippen molar-refractivity contribution in [2.45, 2.75) is 12.1 Å². The lowest BCUT2D eigenvalue weighted by Gasteiger charge is -2.43. The Morgan fingerprint density at radius 1 is 1.56 bits per heavy atom. The minimum Gasteiger partial charge on any atom is -0.398 e. The lowest BCUT2D eigenvalue weighted by atomic mass is 10.0. The average molecular weight is 438 g/mol. The molecular formula is C11H14N6O7S3. The molecule has 1 aromatic heterocycles. The summed E-state index contributed by atoms with van der Waals surface area (Å²) >= 11 is 1.56. The number of nitrogen functional groups attached to an aromatic ring is 1. The van der Waals surface area contributed by atoms with Gasteiger partial charge >= 0.3 is 10.3 Å². The van der Waals surface area contributed by atoms with Gasteiger partial charge in [-0.15, -0.1) is 11.3 Å². The fraction of sp³-hybridized carbons (Fsp3) is 0.364. The quantitative estimate of drug-likeness (QED) is 0.166. The number of nitrogens with one attached hydrogen (secondary N) is 1. The number of thiazole rings is 1. The third-order valence-corrected chi connectivity index (χ3v) is 5.68. The number of thioether (sulfide) groups is 1. The number of primary amides is 1. The first kappa shape index (κ1) is 20.9. The van der Waals surface area contributed by atoms with Crippen LogP contribution in [0.15, 0.2) is 10.5 Å². The highest BCUT2D eigenvalue weighted by Gasteiger charge is 2.54. The highest BCUT2D eigenvalue weighted by Crippen LogP contribution is 2.27. The van der Waals surface area contributed by atoms with E-state index in [-0.39, 0.29) is 26.6 Å². The van der Waals surface area contributed by atoms with E-state index in [2.05, 4.69) is 20.3 Å². The van der Waals surface area contributed by atoms with Gasteiger partial charge in [0, 0.05) is 11.1 Å². The molecule has 1 aromatic rings. The Kier molecular flexibility index (Phi) is 6.24. The Labute approximate surface area is 161 Å². The van der Waals surface area contributed by atoms with Crippen molar-refractivity contribution in [2.75, 3.05) is 18.6 Å². The molecule has 0 spiro atoms. The number of amides is 3. The van der Waals surface area contributed by atoms with Crippen molar-refractivity contribution in [3.05, 3.63) is 11.1 Å². The van der Waals surface area contributed by atoms with E-state index in [1.165, 1.54) is 12.5 Å². The zero-order chi connectivity index (χ0) is 20.4. The third kappa shape index (κ3) is 4.65. The second kappa shape index (κ2) is 8.07. The van der Waals surface area contributed by atoms with Crippen LogP contribution in [0, 0.1) is 0 Å². The maximum atomic E-state index is 12.5. The van der Waals surface area contributed by atoms with E-state index >= 15 is 0 Å². The first-order chi connectivity index (χ1) is 12.6.